The van der Waals surface area contributed by atoms with Gasteiger partial charge in [-0.1, -0.05) is 224 Å². The van der Waals surface area contributed by atoms with Crippen molar-refractivity contribution in [1.29, 1.82) is 0 Å². The van der Waals surface area contributed by atoms with Gasteiger partial charge in [0, 0.05) is 73.1 Å². The first-order valence-electron chi connectivity index (χ1n) is 46.0. The molecule has 8 aromatic carbocycles. The average Bonchev–Trinajstić information content (AvgIpc) is 1.49. The van der Waals surface area contributed by atoms with Crippen LogP contribution in [0, 0.1) is 41.4 Å². The molecule has 8 saturated carbocycles. The maximum absolute atomic E-state index is 12.8. The Balaban J connectivity index is 0.000000169. The quantitative estimate of drug-likeness (QED) is 0.0237. The number of nitrogens with zero attached hydrogens (tertiary/aromatic N) is 2. The number of likely N-dealkylation sites (N-methyl/N-ethyl adjacent to an activating group) is 5. The number of aromatic hydroxyl groups is 1. The topological polar surface area (TPSA) is 495 Å². The molecule has 2 heterocycles. The van der Waals surface area contributed by atoms with Crippen LogP contribution in [0.5, 0.6) is 5.75 Å². The number of aliphatic hydroxyl groups excluding tert-OH is 2. The number of carboxylic acids is 2. The van der Waals surface area contributed by atoms with Crippen LogP contribution < -0.4 is 61.0 Å². The molecule has 10 fully saturated rings. The van der Waals surface area contributed by atoms with Crippen molar-refractivity contribution in [2.75, 3.05) is 99.3 Å². The standard InChI is InChI=1S/C15H22N2O2.C15H19NO3.2C13H18N2O.C13H15NO3.C11H12N2O.C11H14N2O.C11H11NO.2CH4O/c1-3-17(4-2)14(19)15(9-12(15)10-16)11-5-7-13(18)8-6-11;1-3-16(4-2)14(19)15(10-12(15)13(17)18)11-8-6-5-7-9-11;2*1-2-15-12(16)13(8-11(13)9-14)10-6-4-3-5-7-10;1-2-14-12(17)13(8-10(13)11(15)16)9-6-4-3-5-7-9;12-10-6-11(10,9(14)13-7-10)8-4-2-1-3-5-8;12-7-9-6-11(9,10(13)14)8-4-2-1-3-5-8;13-10-11(6-9(11)7-12-10)8-4-2-1-3-5-8;2*1-2/h5-8,12,18H,3-4,9-10,16H2,1-2H3;5-9,12H,3-4,10H2,1-2H3,(H,17,18);2*3-7,11H,2,8-9,14H2,1H3,(H,15,16);3-7,10H,2,8H2,1H3,(H,14,17)(H,15,16);1-5H,6-7,12H2,(H,13,14);1-5,9H,6-7,12H2,(H2,13,14);1-5,9H,6-7H2,(H,12,13);2*2H,1H3. The number of nitrogens with two attached hydrogens (primary N) is 6. The third-order valence-electron chi connectivity index (χ3n) is 28.3. The lowest BCUT2D eigenvalue weighted by atomic mass is 9.91. The SMILES string of the molecule is CCN(CC)C(=O)C1(c2ccc(O)cc2)CC1CN.CCN(CC)C(=O)C1(c2ccccc2)CC1C(=O)O.CCNC(=O)C1(c2ccccc2)CC1C(=O)O.CCNC(=O)C1(c2ccccc2)CC1CN.CCNC(=O)C1(c2ccccc2)CC1CN.CO.CO.NC12CNC(=O)C1(c1ccccc1)C2.NCC1CC1(C(N)=O)c1ccccc1.O=C1NCC2CC12c1ccccc1. The minimum absolute atomic E-state index is 0.0592. The van der Waals surface area contributed by atoms with Gasteiger partial charge in [0.1, 0.15) is 5.75 Å². The number of aliphatic hydroxyl groups is 2. The second kappa shape index (κ2) is 45.4. The van der Waals surface area contributed by atoms with E-state index < -0.39 is 50.8 Å². The number of benzene rings is 8. The predicted molar refractivity (Wildman–Crippen MR) is 510 cm³/mol. The molecule has 132 heavy (non-hydrogen) atoms. The monoisotopic (exact) mass is 1810 g/mol. The van der Waals surface area contributed by atoms with Gasteiger partial charge < -0.3 is 96.3 Å². The Morgan fingerprint density at radius 1 is 0.371 bits per heavy atom. The molecule has 10 aliphatic rings. The molecular weight excluding hydrogens is 1670 g/mol. The van der Waals surface area contributed by atoms with Crippen molar-refractivity contribution in [1.82, 2.24) is 36.4 Å². The van der Waals surface area contributed by atoms with Gasteiger partial charge in [-0.3, -0.25) is 47.9 Å². The first-order valence-corrected chi connectivity index (χ1v) is 46.0. The fourth-order valence-electron chi connectivity index (χ4n) is 20.0. The number of phenolic OH excluding ortho intramolecular Hbond substituents is 1. The smallest absolute Gasteiger partial charge is 0.307 e. The lowest BCUT2D eigenvalue weighted by molar-refractivity contribution is -0.142. The molecule has 0 aromatic heterocycles. The third kappa shape index (κ3) is 20.9. The molecule has 0 spiro atoms. The van der Waals surface area contributed by atoms with E-state index in [0.29, 0.717) is 109 Å². The summed E-state index contributed by atoms with van der Waals surface area (Å²) in [6, 6.07) is 74.9. The Hall–Kier alpha value is -12.0. The largest absolute Gasteiger partial charge is 0.508 e. The minimum Gasteiger partial charge on any atom is -0.508 e. The number of carboxylic acid groups (broad SMARTS) is 2. The van der Waals surface area contributed by atoms with E-state index in [1.54, 1.807) is 17.0 Å². The van der Waals surface area contributed by atoms with Crippen LogP contribution in [0.3, 0.4) is 0 Å². The van der Waals surface area contributed by atoms with Crippen LogP contribution in [-0.4, -0.2) is 199 Å². The van der Waals surface area contributed by atoms with Crippen LogP contribution in [0.25, 0.3) is 0 Å². The number of fused-ring (bicyclic) bond motifs is 2. The molecule has 18 rings (SSSR count). The molecule has 0 radical (unpaired) electrons. The zero-order valence-corrected chi connectivity index (χ0v) is 77.6. The molecule has 28 heteroatoms. The molecular formula is C104H137N13O15. The van der Waals surface area contributed by atoms with Gasteiger partial charge in [0.05, 0.1) is 60.7 Å². The molecule has 0 bridgehead atoms. The highest BCUT2D eigenvalue weighted by Gasteiger charge is 2.75. The third-order valence-corrected chi connectivity index (χ3v) is 28.3. The number of nitrogens with one attached hydrogen (secondary N) is 5. The number of hydrogen-bond donors (Lipinski definition) is 16. The van der Waals surface area contributed by atoms with Gasteiger partial charge in [0.2, 0.25) is 47.3 Å². The Bertz CT molecular complexity index is 5100. The number of carbonyl (C=O) groups is 10. The van der Waals surface area contributed by atoms with Crippen LogP contribution in [0.1, 0.15) is 144 Å². The highest BCUT2D eigenvalue weighted by molar-refractivity contribution is 6.01. The second-order valence-corrected chi connectivity index (χ2v) is 35.1. The molecule has 16 atom stereocenters. The highest BCUT2D eigenvalue weighted by atomic mass is 16.4. The zero-order chi connectivity index (χ0) is 96.6. The lowest BCUT2D eigenvalue weighted by Gasteiger charge is -2.26. The van der Waals surface area contributed by atoms with E-state index in [1.165, 1.54) is 5.56 Å². The van der Waals surface area contributed by atoms with E-state index in [1.807, 2.05) is 266 Å². The summed E-state index contributed by atoms with van der Waals surface area (Å²) < 4.78 is 0. The normalized spacial score (nSPS) is 28.1. The van der Waals surface area contributed by atoms with Crippen LogP contribution >= 0.6 is 0 Å². The molecule has 2 aliphatic heterocycles. The summed E-state index contributed by atoms with van der Waals surface area (Å²) in [6.07, 6.45) is 5.98. The number of aliphatic carboxylic acids is 2. The van der Waals surface area contributed by atoms with Crippen molar-refractivity contribution >= 4 is 59.2 Å². The number of piperidine rings is 2. The van der Waals surface area contributed by atoms with Gasteiger partial charge >= 0.3 is 11.9 Å². The van der Waals surface area contributed by atoms with E-state index >= 15 is 0 Å². The van der Waals surface area contributed by atoms with Crippen molar-refractivity contribution in [2.24, 2.45) is 75.8 Å². The molecule has 22 N–H and O–H groups in total. The molecule has 2 saturated heterocycles. The number of carbonyl (C=O) groups excluding carboxylic acids is 8. The summed E-state index contributed by atoms with van der Waals surface area (Å²) in [5, 5.41) is 56.0. The zero-order valence-electron chi connectivity index (χ0n) is 77.6. The number of primary amides is 1. The summed E-state index contributed by atoms with van der Waals surface area (Å²) in [5.41, 5.74) is 38.1. The summed E-state index contributed by atoms with van der Waals surface area (Å²) in [5.74, 6) is -0.948. The van der Waals surface area contributed by atoms with Gasteiger partial charge in [0.25, 0.3) is 0 Å². The molecule has 8 aromatic rings. The molecule has 16 unspecified atom stereocenters. The van der Waals surface area contributed by atoms with Crippen LogP contribution in [-0.2, 0) is 91.3 Å². The summed E-state index contributed by atoms with van der Waals surface area (Å²) in [6.45, 7) is 21.7. The molecule has 8 aliphatic carbocycles. The van der Waals surface area contributed by atoms with Gasteiger partial charge in [-0.2, -0.15) is 0 Å². The van der Waals surface area contributed by atoms with Crippen LogP contribution in [0.2, 0.25) is 0 Å². The van der Waals surface area contributed by atoms with Crippen molar-refractivity contribution in [3.8, 4) is 5.75 Å². The first kappa shape index (κ1) is 104. The van der Waals surface area contributed by atoms with Crippen molar-refractivity contribution < 1.29 is 73.5 Å². The second-order valence-electron chi connectivity index (χ2n) is 35.1. The van der Waals surface area contributed by atoms with Crippen LogP contribution in [0.4, 0.5) is 0 Å². The van der Waals surface area contributed by atoms with E-state index in [4.69, 9.17) is 49.7 Å². The fraction of sp³-hybridized carbons (Fsp3) is 0.442. The van der Waals surface area contributed by atoms with Gasteiger partial charge in [0.15, 0.2) is 0 Å². The number of hydrogen-bond acceptors (Lipinski definition) is 18. The van der Waals surface area contributed by atoms with Crippen LogP contribution in [0.15, 0.2) is 237 Å². The predicted octanol–water partition coefficient (Wildman–Crippen LogP) is 7.45. The summed E-state index contributed by atoms with van der Waals surface area (Å²) >= 11 is 0. The average molecular weight is 1810 g/mol. The summed E-state index contributed by atoms with van der Waals surface area (Å²) in [7, 11) is 2.00. The van der Waals surface area contributed by atoms with Gasteiger partial charge in [-0.15, -0.1) is 0 Å². The molecule has 8 amide bonds. The van der Waals surface area contributed by atoms with E-state index in [0.717, 1.165) is 98.2 Å². The maximum atomic E-state index is 12.8. The summed E-state index contributed by atoms with van der Waals surface area (Å²) in [4.78, 5) is 122. The number of amides is 8. The molecule has 28 nitrogen and oxygen atoms in total. The van der Waals surface area contributed by atoms with Gasteiger partial charge in [-0.05, 0) is 212 Å². The van der Waals surface area contributed by atoms with Crippen molar-refractivity contribution in [3.05, 3.63) is 281 Å². The van der Waals surface area contributed by atoms with Crippen molar-refractivity contribution in [3.63, 3.8) is 0 Å². The minimum atomic E-state index is -0.903. The maximum Gasteiger partial charge on any atom is 0.307 e. The van der Waals surface area contributed by atoms with E-state index in [2.05, 4.69) is 38.7 Å². The number of rotatable bonds is 27. The lowest BCUT2D eigenvalue weighted by Crippen LogP contribution is -2.41. The Labute approximate surface area is 775 Å². The highest BCUT2D eigenvalue weighted by Crippen LogP contribution is 2.62. The Morgan fingerprint density at radius 2 is 0.667 bits per heavy atom. The number of phenols is 1. The van der Waals surface area contributed by atoms with Gasteiger partial charge in [-0.25, -0.2) is 0 Å². The van der Waals surface area contributed by atoms with E-state index in [9.17, 15) is 58.2 Å². The fourth-order valence-corrected chi connectivity index (χ4v) is 20.0. The first-order chi connectivity index (χ1) is 63.5. The Kier molecular flexibility index (Phi) is 35.7. The Morgan fingerprint density at radius 3 is 0.947 bits per heavy atom. The van der Waals surface area contributed by atoms with Crippen molar-refractivity contribution in [2.45, 2.75) is 149 Å². The van der Waals surface area contributed by atoms with E-state index in [-0.39, 0.29) is 86.6 Å². The molecule has 708 valence electrons.